The largest absolute Gasteiger partial charge is 0.457 e. The van der Waals surface area contributed by atoms with E-state index in [0.29, 0.717) is 12.2 Å². The Hall–Kier alpha value is -0.920. The van der Waals surface area contributed by atoms with Gasteiger partial charge in [0.2, 0.25) is 6.79 Å². The molecule has 0 saturated carbocycles. The van der Waals surface area contributed by atoms with E-state index in [9.17, 15) is 0 Å². The second kappa shape index (κ2) is 3.30. The summed E-state index contributed by atoms with van der Waals surface area (Å²) in [4.78, 5) is 0. The summed E-state index contributed by atoms with van der Waals surface area (Å²) in [6.07, 6.45) is 1.56. The molecule has 1 heterocycles. The quantitative estimate of drug-likeness (QED) is 0.578. The smallest absolute Gasteiger partial charge is 0.231 e. The lowest BCUT2D eigenvalue weighted by Crippen LogP contribution is -2.06. The molecular formula is C7H10O3. The van der Waals surface area contributed by atoms with Gasteiger partial charge in [0.15, 0.2) is 0 Å². The van der Waals surface area contributed by atoms with E-state index in [-0.39, 0.29) is 12.9 Å². The Kier molecular flexibility index (Phi) is 2.37. The molecule has 1 aliphatic rings. The maximum absolute atomic E-state index is 8.91. The first kappa shape index (κ1) is 7.19. The summed E-state index contributed by atoms with van der Waals surface area (Å²) in [7, 11) is 0. The summed E-state index contributed by atoms with van der Waals surface area (Å²) in [6, 6.07) is 0. The zero-order chi connectivity index (χ0) is 7.40. The molecule has 10 heavy (non-hydrogen) atoms. The molecule has 56 valence electrons. The van der Waals surface area contributed by atoms with E-state index in [2.05, 4.69) is 5.73 Å². The monoisotopic (exact) mass is 142 g/mol. The van der Waals surface area contributed by atoms with Crippen molar-refractivity contribution < 1.29 is 14.6 Å². The molecule has 1 N–H and O–H groups in total. The fraction of sp³-hybridized carbons (Fsp3) is 0.571. The zero-order valence-corrected chi connectivity index (χ0v) is 5.83. The van der Waals surface area contributed by atoms with Gasteiger partial charge in [-0.05, 0) is 12.7 Å². The number of hydrogen-bond acceptors (Lipinski definition) is 3. The van der Waals surface area contributed by atoms with Crippen LogP contribution in [0.3, 0.4) is 0 Å². The Labute approximate surface area is 59.6 Å². The number of aliphatic hydroxyl groups is 1. The normalized spacial score (nSPS) is 18.8. The Morgan fingerprint density at radius 3 is 3.20 bits per heavy atom. The fourth-order valence-electron chi connectivity index (χ4n) is 0.674. The van der Waals surface area contributed by atoms with E-state index in [1.807, 2.05) is 0 Å². The van der Waals surface area contributed by atoms with Crippen molar-refractivity contribution in [2.24, 2.45) is 0 Å². The van der Waals surface area contributed by atoms with Crippen molar-refractivity contribution in [1.82, 2.24) is 0 Å². The molecule has 0 saturated heterocycles. The van der Waals surface area contributed by atoms with Gasteiger partial charge in [0, 0.05) is 6.42 Å². The summed E-state index contributed by atoms with van der Waals surface area (Å²) in [5.41, 5.74) is 2.74. The van der Waals surface area contributed by atoms with Crippen molar-refractivity contribution >= 4 is 0 Å². The highest BCUT2D eigenvalue weighted by Gasteiger charge is 2.04. The lowest BCUT2D eigenvalue weighted by molar-refractivity contribution is 0.00822. The summed E-state index contributed by atoms with van der Waals surface area (Å²) in [5, 5.41) is 8.91. The van der Waals surface area contributed by atoms with Crippen LogP contribution >= 0.6 is 0 Å². The lowest BCUT2D eigenvalue weighted by atomic mass is 10.2. The minimum atomic E-state index is -0.381. The van der Waals surface area contributed by atoms with Crippen molar-refractivity contribution in [2.45, 2.75) is 19.4 Å². The number of aliphatic hydroxyl groups excluding tert-OH is 1. The van der Waals surface area contributed by atoms with Gasteiger partial charge in [-0.25, -0.2) is 0 Å². The van der Waals surface area contributed by atoms with Crippen LogP contribution in [0.4, 0.5) is 0 Å². The summed E-state index contributed by atoms with van der Waals surface area (Å²) in [5.74, 6) is 0.654. The molecular weight excluding hydrogens is 132 g/mol. The van der Waals surface area contributed by atoms with E-state index in [1.54, 1.807) is 6.92 Å². The third-order valence-electron chi connectivity index (χ3n) is 1.09. The van der Waals surface area contributed by atoms with Crippen molar-refractivity contribution in [2.75, 3.05) is 6.79 Å². The molecule has 0 aromatic carbocycles. The number of hydrogen-bond donors (Lipinski definition) is 1. The highest BCUT2D eigenvalue weighted by Crippen LogP contribution is 2.08. The van der Waals surface area contributed by atoms with Gasteiger partial charge in [0.25, 0.3) is 0 Å². The van der Waals surface area contributed by atoms with Crippen LogP contribution in [0.15, 0.2) is 17.8 Å². The first-order chi connectivity index (χ1) is 4.79. The highest BCUT2D eigenvalue weighted by molar-refractivity contribution is 4.93. The molecule has 0 radical (unpaired) electrons. The maximum Gasteiger partial charge on any atom is 0.231 e. The number of rotatable bonds is 2. The summed E-state index contributed by atoms with van der Waals surface area (Å²) in [6.45, 7) is 1.93. The zero-order valence-electron chi connectivity index (χ0n) is 5.83. The standard InChI is InChI=1S/C7H10O3/c1-6(8)4-7-2-3-9-5-10-7/h3,6,8H,4-5H2,1H3. The van der Waals surface area contributed by atoms with Gasteiger partial charge >= 0.3 is 0 Å². The van der Waals surface area contributed by atoms with Crippen LogP contribution in [-0.2, 0) is 9.47 Å². The topological polar surface area (TPSA) is 38.7 Å². The van der Waals surface area contributed by atoms with Crippen LogP contribution in [-0.4, -0.2) is 18.0 Å². The van der Waals surface area contributed by atoms with Crippen LogP contribution in [0.5, 0.6) is 0 Å². The van der Waals surface area contributed by atoms with E-state index in [4.69, 9.17) is 14.6 Å². The molecule has 0 spiro atoms. The van der Waals surface area contributed by atoms with Gasteiger partial charge in [-0.15, -0.1) is 0 Å². The van der Waals surface area contributed by atoms with Gasteiger partial charge in [0.05, 0.1) is 6.10 Å². The van der Waals surface area contributed by atoms with Gasteiger partial charge in [-0.2, -0.15) is 0 Å². The molecule has 0 aliphatic carbocycles. The Morgan fingerprint density at radius 2 is 2.70 bits per heavy atom. The number of ether oxygens (including phenoxy) is 2. The minimum Gasteiger partial charge on any atom is -0.457 e. The van der Waals surface area contributed by atoms with Crippen LogP contribution in [0, 0.1) is 0 Å². The third-order valence-corrected chi connectivity index (χ3v) is 1.09. The average Bonchev–Trinajstić information content (AvgIpc) is 1.88. The fourth-order valence-corrected chi connectivity index (χ4v) is 0.674. The molecule has 0 aromatic heterocycles. The molecule has 1 atom stereocenters. The SMILES string of the molecule is CC(O)CC1=C=COCO1. The van der Waals surface area contributed by atoms with Crippen LogP contribution in [0.1, 0.15) is 13.3 Å². The molecule has 1 unspecified atom stereocenters. The van der Waals surface area contributed by atoms with Crippen LogP contribution in [0.2, 0.25) is 0 Å². The maximum atomic E-state index is 8.91. The molecule has 1 rings (SSSR count). The van der Waals surface area contributed by atoms with Gasteiger partial charge < -0.3 is 14.6 Å². The lowest BCUT2D eigenvalue weighted by Gasteiger charge is -2.11. The molecule has 0 fully saturated rings. The first-order valence-electron chi connectivity index (χ1n) is 3.15. The molecule has 0 aromatic rings. The average molecular weight is 142 g/mol. The van der Waals surface area contributed by atoms with Crippen molar-refractivity contribution in [3.8, 4) is 0 Å². The third kappa shape index (κ3) is 2.13. The minimum absolute atomic E-state index is 0.231. The van der Waals surface area contributed by atoms with Crippen LogP contribution < -0.4 is 0 Å². The highest BCUT2D eigenvalue weighted by atomic mass is 16.7. The molecule has 1 aliphatic heterocycles. The van der Waals surface area contributed by atoms with Gasteiger partial charge in [-0.1, -0.05) is 0 Å². The van der Waals surface area contributed by atoms with Crippen molar-refractivity contribution in [3.63, 3.8) is 0 Å². The van der Waals surface area contributed by atoms with Crippen molar-refractivity contribution in [3.05, 3.63) is 17.8 Å². The second-order valence-electron chi connectivity index (χ2n) is 2.17. The Balaban J connectivity index is 2.46. The predicted octanol–water partition coefficient (Wildman–Crippen LogP) is 0.758. The van der Waals surface area contributed by atoms with E-state index < -0.39 is 0 Å². The predicted molar refractivity (Wildman–Crippen MR) is 34.9 cm³/mol. The van der Waals surface area contributed by atoms with E-state index >= 15 is 0 Å². The second-order valence-corrected chi connectivity index (χ2v) is 2.17. The van der Waals surface area contributed by atoms with Crippen LogP contribution in [0.25, 0.3) is 0 Å². The summed E-state index contributed by atoms with van der Waals surface area (Å²) < 4.78 is 9.70. The van der Waals surface area contributed by atoms with Crippen molar-refractivity contribution in [1.29, 1.82) is 0 Å². The molecule has 0 bridgehead atoms. The molecule has 3 nitrogen and oxygen atoms in total. The van der Waals surface area contributed by atoms with E-state index in [0.717, 1.165) is 0 Å². The molecule has 0 amide bonds. The van der Waals surface area contributed by atoms with Gasteiger partial charge in [-0.3, -0.25) is 0 Å². The Bertz CT molecular complexity index is 166. The van der Waals surface area contributed by atoms with Gasteiger partial charge in [0.1, 0.15) is 12.0 Å². The Morgan fingerprint density at radius 1 is 1.90 bits per heavy atom. The van der Waals surface area contributed by atoms with E-state index in [1.165, 1.54) is 6.26 Å². The molecule has 3 heteroatoms. The summed E-state index contributed by atoms with van der Waals surface area (Å²) >= 11 is 0. The first-order valence-corrected chi connectivity index (χ1v) is 3.15.